The van der Waals surface area contributed by atoms with Gasteiger partial charge in [-0.05, 0) is 38.3 Å². The summed E-state index contributed by atoms with van der Waals surface area (Å²) in [5.74, 6) is 0.133. The fourth-order valence-corrected chi connectivity index (χ4v) is 4.31. The number of carbonyl (C=O) groups is 2. The molecule has 0 aliphatic carbocycles. The van der Waals surface area contributed by atoms with Crippen LogP contribution in [-0.2, 0) is 11.3 Å². The van der Waals surface area contributed by atoms with Crippen molar-refractivity contribution < 1.29 is 9.59 Å². The molecule has 4 rings (SSSR count). The van der Waals surface area contributed by atoms with Crippen molar-refractivity contribution in [3.05, 3.63) is 53.9 Å². The molecule has 0 saturated carbocycles. The average molecular weight is 379 g/mol. The first-order valence-electron chi connectivity index (χ1n) is 9.80. The van der Waals surface area contributed by atoms with E-state index in [2.05, 4.69) is 15.0 Å². The van der Waals surface area contributed by atoms with Crippen LogP contribution >= 0.6 is 0 Å². The summed E-state index contributed by atoms with van der Waals surface area (Å²) in [7, 11) is 0. The van der Waals surface area contributed by atoms with Crippen LogP contribution in [0.25, 0.3) is 0 Å². The zero-order valence-corrected chi connectivity index (χ0v) is 16.2. The Morgan fingerprint density at radius 3 is 2.79 bits per heavy atom. The van der Waals surface area contributed by atoms with Gasteiger partial charge in [0.2, 0.25) is 5.91 Å². The van der Waals surface area contributed by atoms with E-state index in [-0.39, 0.29) is 17.2 Å². The normalized spacial score (nSPS) is 22.5. The van der Waals surface area contributed by atoms with Crippen molar-refractivity contribution in [2.24, 2.45) is 5.41 Å². The topological polar surface area (TPSA) is 79.3 Å². The van der Waals surface area contributed by atoms with Crippen molar-refractivity contribution in [3.8, 4) is 0 Å². The minimum absolute atomic E-state index is 0.0208. The predicted molar refractivity (Wildman–Crippen MR) is 103 cm³/mol. The molecule has 2 saturated heterocycles. The highest BCUT2D eigenvalue weighted by Crippen LogP contribution is 2.39. The van der Waals surface area contributed by atoms with Crippen LogP contribution < -0.4 is 0 Å². The molecule has 2 aromatic heterocycles. The maximum Gasteiger partial charge on any atom is 0.272 e. The third kappa shape index (κ3) is 3.88. The van der Waals surface area contributed by atoms with Gasteiger partial charge in [-0.3, -0.25) is 24.5 Å². The Hall–Kier alpha value is -2.83. The number of amides is 2. The Labute approximate surface area is 164 Å². The van der Waals surface area contributed by atoms with Gasteiger partial charge < -0.3 is 9.80 Å². The highest BCUT2D eigenvalue weighted by atomic mass is 16.2. The standard InChI is InChI=1S/C21H25N5O2/c1-16-11-24-17(12-23-16)13-26-15-21(8-6-19(26)27)7-4-10-25(14-21)20(28)18-5-2-3-9-22-18/h2-3,5,9,11-12H,4,6-8,10,13-15H2,1H3/t21-/m1/s1. The maximum atomic E-state index is 12.9. The van der Waals surface area contributed by atoms with Gasteiger partial charge in [-0.25, -0.2) is 0 Å². The van der Waals surface area contributed by atoms with E-state index in [1.807, 2.05) is 28.9 Å². The SMILES string of the molecule is Cc1cnc(CN2C[C@]3(CCCN(C(=O)c4ccccn4)C3)CCC2=O)cn1. The smallest absolute Gasteiger partial charge is 0.272 e. The lowest BCUT2D eigenvalue weighted by molar-refractivity contribution is -0.139. The predicted octanol–water partition coefficient (Wildman–Crippen LogP) is 2.23. The third-order valence-corrected chi connectivity index (χ3v) is 5.77. The lowest BCUT2D eigenvalue weighted by Gasteiger charge is -2.48. The molecule has 2 aromatic rings. The van der Waals surface area contributed by atoms with E-state index in [1.54, 1.807) is 24.7 Å². The van der Waals surface area contributed by atoms with Gasteiger partial charge in [0.15, 0.2) is 0 Å². The molecule has 0 aromatic carbocycles. The van der Waals surface area contributed by atoms with Crippen LogP contribution in [0.1, 0.15) is 47.6 Å². The average Bonchev–Trinajstić information content (AvgIpc) is 2.73. The first-order valence-corrected chi connectivity index (χ1v) is 9.80. The Bertz CT molecular complexity index is 855. The van der Waals surface area contributed by atoms with Gasteiger partial charge in [-0.1, -0.05) is 6.07 Å². The van der Waals surface area contributed by atoms with E-state index in [0.717, 1.165) is 37.2 Å². The van der Waals surface area contributed by atoms with Crippen molar-refractivity contribution in [2.45, 2.75) is 39.2 Å². The van der Waals surface area contributed by atoms with Gasteiger partial charge >= 0.3 is 0 Å². The van der Waals surface area contributed by atoms with Crippen molar-refractivity contribution >= 4 is 11.8 Å². The number of piperidine rings is 2. The summed E-state index contributed by atoms with van der Waals surface area (Å²) in [6, 6.07) is 5.41. The summed E-state index contributed by atoms with van der Waals surface area (Å²) in [6.07, 6.45) is 8.44. The molecule has 0 N–H and O–H groups in total. The molecule has 0 bridgehead atoms. The van der Waals surface area contributed by atoms with Crippen molar-refractivity contribution in [1.29, 1.82) is 0 Å². The van der Waals surface area contributed by atoms with Crippen molar-refractivity contribution in [3.63, 3.8) is 0 Å². The quantitative estimate of drug-likeness (QED) is 0.817. The zero-order chi connectivity index (χ0) is 19.6. The lowest BCUT2D eigenvalue weighted by Crippen LogP contribution is -2.55. The number of hydrogen-bond acceptors (Lipinski definition) is 5. The molecule has 2 amide bonds. The Morgan fingerprint density at radius 2 is 2.04 bits per heavy atom. The van der Waals surface area contributed by atoms with Crippen molar-refractivity contribution in [1.82, 2.24) is 24.8 Å². The van der Waals surface area contributed by atoms with Gasteiger partial charge in [0, 0.05) is 43.9 Å². The molecule has 4 heterocycles. The third-order valence-electron chi connectivity index (χ3n) is 5.77. The van der Waals surface area contributed by atoms with Crippen LogP contribution in [0.15, 0.2) is 36.8 Å². The zero-order valence-electron chi connectivity index (χ0n) is 16.2. The molecule has 2 aliphatic rings. The minimum atomic E-state index is -0.0469. The van der Waals surface area contributed by atoms with Crippen LogP contribution in [0, 0.1) is 12.3 Å². The molecule has 1 atom stereocenters. The van der Waals surface area contributed by atoms with Gasteiger partial charge in [-0.15, -0.1) is 0 Å². The van der Waals surface area contributed by atoms with Crippen LogP contribution in [0.2, 0.25) is 0 Å². The number of aryl methyl sites for hydroxylation is 1. The summed E-state index contributed by atoms with van der Waals surface area (Å²) < 4.78 is 0. The first kappa shape index (κ1) is 18.5. The summed E-state index contributed by atoms with van der Waals surface area (Å²) in [6.45, 7) is 4.45. The maximum absolute atomic E-state index is 12.9. The van der Waals surface area contributed by atoms with Crippen LogP contribution in [0.5, 0.6) is 0 Å². The fraction of sp³-hybridized carbons (Fsp3) is 0.476. The number of likely N-dealkylation sites (tertiary alicyclic amines) is 2. The minimum Gasteiger partial charge on any atom is -0.337 e. The Kier molecular flexibility index (Phi) is 5.07. The molecule has 0 radical (unpaired) electrons. The molecular formula is C21H25N5O2. The van der Waals surface area contributed by atoms with Gasteiger partial charge in [0.1, 0.15) is 5.69 Å². The molecular weight excluding hydrogens is 354 g/mol. The van der Waals surface area contributed by atoms with Crippen molar-refractivity contribution in [2.75, 3.05) is 19.6 Å². The lowest BCUT2D eigenvalue weighted by atomic mass is 9.73. The van der Waals surface area contributed by atoms with E-state index in [4.69, 9.17) is 0 Å². The summed E-state index contributed by atoms with van der Waals surface area (Å²) in [5, 5.41) is 0. The Morgan fingerprint density at radius 1 is 1.14 bits per heavy atom. The number of aromatic nitrogens is 3. The molecule has 0 unspecified atom stereocenters. The summed E-state index contributed by atoms with van der Waals surface area (Å²) in [4.78, 5) is 42.1. The number of pyridine rings is 1. The van der Waals surface area contributed by atoms with Gasteiger partial charge in [-0.2, -0.15) is 0 Å². The van der Waals surface area contributed by atoms with Crippen LogP contribution in [0.4, 0.5) is 0 Å². The largest absolute Gasteiger partial charge is 0.337 e. The number of rotatable bonds is 3. The number of hydrogen-bond donors (Lipinski definition) is 0. The first-order chi connectivity index (χ1) is 13.5. The summed E-state index contributed by atoms with van der Waals surface area (Å²) >= 11 is 0. The van der Waals surface area contributed by atoms with E-state index >= 15 is 0 Å². The molecule has 2 fully saturated rings. The van der Waals surface area contributed by atoms with Gasteiger partial charge in [0.05, 0.1) is 24.1 Å². The number of carbonyl (C=O) groups excluding carboxylic acids is 2. The van der Waals surface area contributed by atoms with Gasteiger partial charge in [0.25, 0.3) is 5.91 Å². The second-order valence-corrected chi connectivity index (χ2v) is 7.94. The second kappa shape index (κ2) is 7.66. The summed E-state index contributed by atoms with van der Waals surface area (Å²) in [5.41, 5.74) is 2.10. The van der Waals surface area contributed by atoms with Crippen LogP contribution in [0.3, 0.4) is 0 Å². The van der Waals surface area contributed by atoms with E-state index in [1.165, 1.54) is 0 Å². The number of nitrogens with zero attached hydrogens (tertiary/aromatic N) is 5. The van der Waals surface area contributed by atoms with E-state index in [0.29, 0.717) is 31.7 Å². The van der Waals surface area contributed by atoms with Crippen LogP contribution in [-0.4, -0.2) is 56.2 Å². The monoisotopic (exact) mass is 379 g/mol. The molecule has 1 spiro atoms. The highest BCUT2D eigenvalue weighted by molar-refractivity contribution is 5.92. The molecule has 146 valence electrons. The fourth-order valence-electron chi connectivity index (χ4n) is 4.31. The highest BCUT2D eigenvalue weighted by Gasteiger charge is 2.43. The molecule has 2 aliphatic heterocycles. The Balaban J connectivity index is 1.48. The van der Waals surface area contributed by atoms with E-state index < -0.39 is 0 Å². The second-order valence-electron chi connectivity index (χ2n) is 7.94. The molecule has 28 heavy (non-hydrogen) atoms. The molecule has 7 heteroatoms. The van der Waals surface area contributed by atoms with E-state index in [9.17, 15) is 9.59 Å². The molecule has 7 nitrogen and oxygen atoms in total.